The van der Waals surface area contributed by atoms with E-state index in [-0.39, 0.29) is 22.9 Å². The van der Waals surface area contributed by atoms with Crippen molar-refractivity contribution in [1.82, 2.24) is 0 Å². The average molecular weight is 350 g/mol. The number of aliphatic hydroxyl groups is 3. The molecule has 0 aromatic rings. The van der Waals surface area contributed by atoms with Crippen molar-refractivity contribution in [3.8, 4) is 0 Å². The van der Waals surface area contributed by atoms with Gasteiger partial charge in [0.05, 0.1) is 18.3 Å². The van der Waals surface area contributed by atoms with Crippen molar-refractivity contribution >= 4 is 0 Å². The van der Waals surface area contributed by atoms with Gasteiger partial charge >= 0.3 is 0 Å². The zero-order chi connectivity index (χ0) is 17.7. The lowest BCUT2D eigenvalue weighted by Gasteiger charge is -2.63. The van der Waals surface area contributed by atoms with Gasteiger partial charge in [-0.3, -0.25) is 0 Å². The molecule has 4 nitrogen and oxygen atoms in total. The smallest absolute Gasteiger partial charge is 0.166 e. The summed E-state index contributed by atoms with van der Waals surface area (Å²) in [6.45, 7) is 4.75. The van der Waals surface area contributed by atoms with Crippen LogP contribution in [0.4, 0.5) is 0 Å². The summed E-state index contributed by atoms with van der Waals surface area (Å²) in [6, 6.07) is 0. The molecule has 0 aromatic heterocycles. The fourth-order valence-electron chi connectivity index (χ4n) is 8.48. The van der Waals surface area contributed by atoms with Crippen LogP contribution in [-0.2, 0) is 4.74 Å². The highest BCUT2D eigenvalue weighted by Crippen LogP contribution is 2.72. The first-order chi connectivity index (χ1) is 11.7. The maximum Gasteiger partial charge on any atom is 0.166 e. The average Bonchev–Trinajstić information content (AvgIpc) is 3.01. The van der Waals surface area contributed by atoms with Gasteiger partial charge in [0.2, 0.25) is 0 Å². The summed E-state index contributed by atoms with van der Waals surface area (Å²) in [5.74, 6) is 0.492. The molecule has 1 saturated heterocycles. The summed E-state index contributed by atoms with van der Waals surface area (Å²) in [4.78, 5) is 0. The van der Waals surface area contributed by atoms with E-state index in [1.54, 1.807) is 6.92 Å². The predicted octanol–water partition coefficient (Wildman–Crippen LogP) is 2.84. The minimum absolute atomic E-state index is 0.0738. The Morgan fingerprint density at radius 2 is 1.68 bits per heavy atom. The van der Waals surface area contributed by atoms with E-state index in [1.165, 1.54) is 0 Å². The Morgan fingerprint density at radius 1 is 0.880 bits per heavy atom. The number of aliphatic hydroxyl groups excluding tert-OH is 1. The van der Waals surface area contributed by atoms with Crippen LogP contribution < -0.4 is 0 Å². The number of rotatable bonds is 0. The van der Waals surface area contributed by atoms with Crippen LogP contribution in [-0.4, -0.2) is 39.4 Å². The number of hydrogen-bond acceptors (Lipinski definition) is 4. The molecule has 1 spiro atoms. The van der Waals surface area contributed by atoms with Crippen LogP contribution in [0.2, 0.25) is 0 Å². The van der Waals surface area contributed by atoms with Crippen LogP contribution in [0.1, 0.15) is 71.6 Å². The fraction of sp³-hybridized carbons (Fsp3) is 1.00. The molecule has 0 amide bonds. The number of ether oxygens (including phenoxy) is 1. The van der Waals surface area contributed by atoms with Crippen LogP contribution in [0.5, 0.6) is 0 Å². The van der Waals surface area contributed by atoms with Crippen molar-refractivity contribution in [3.05, 3.63) is 0 Å². The highest BCUT2D eigenvalue weighted by Gasteiger charge is 2.74. The third kappa shape index (κ3) is 1.93. The quantitative estimate of drug-likeness (QED) is 0.628. The fourth-order valence-corrected chi connectivity index (χ4v) is 8.48. The van der Waals surface area contributed by atoms with E-state index in [0.29, 0.717) is 24.4 Å². The minimum atomic E-state index is -1.08. The summed E-state index contributed by atoms with van der Waals surface area (Å²) in [5, 5.41) is 32.9. The van der Waals surface area contributed by atoms with Crippen molar-refractivity contribution in [3.63, 3.8) is 0 Å². The van der Waals surface area contributed by atoms with E-state index in [0.717, 1.165) is 57.8 Å². The molecule has 5 aliphatic rings. The lowest BCUT2D eigenvalue weighted by Crippen LogP contribution is -2.63. The third-order valence-electron chi connectivity index (χ3n) is 9.79. The zero-order valence-corrected chi connectivity index (χ0v) is 15.7. The van der Waals surface area contributed by atoms with Gasteiger partial charge in [0.15, 0.2) is 5.79 Å². The molecule has 4 saturated carbocycles. The maximum absolute atomic E-state index is 12.0. The van der Waals surface area contributed by atoms with Gasteiger partial charge in [0.1, 0.15) is 0 Å². The molecule has 9 atom stereocenters. The number of hydrogen-bond donors (Lipinski definition) is 3. The first-order valence-corrected chi connectivity index (χ1v) is 10.5. The molecule has 0 aromatic carbocycles. The maximum atomic E-state index is 12.0. The third-order valence-corrected chi connectivity index (χ3v) is 9.79. The molecular formula is C21H34O4. The molecule has 1 unspecified atom stereocenters. The Morgan fingerprint density at radius 3 is 2.48 bits per heavy atom. The van der Waals surface area contributed by atoms with Crippen LogP contribution in [0.15, 0.2) is 0 Å². The monoisotopic (exact) mass is 350 g/mol. The summed E-state index contributed by atoms with van der Waals surface area (Å²) in [5.41, 5.74) is -0.653. The van der Waals surface area contributed by atoms with Gasteiger partial charge in [-0.15, -0.1) is 0 Å². The lowest BCUT2D eigenvalue weighted by molar-refractivity contribution is -0.212. The predicted molar refractivity (Wildman–Crippen MR) is 93.6 cm³/mol. The van der Waals surface area contributed by atoms with E-state index in [1.807, 2.05) is 0 Å². The molecule has 1 heterocycles. The summed E-state index contributed by atoms with van der Waals surface area (Å²) in [7, 11) is 0. The standard InChI is InChI=1S/C21H34O4/c1-18-8-5-14(22)11-13(18)3-4-16-15(18)6-9-20-12-25-19(2,23)17(20)7-10-21(16,20)24/h13-17,22-24H,3-12H2,1-2H3/t13-,14-,15-,16+,17+,18-,19?,20-,21-/m0/s1. The van der Waals surface area contributed by atoms with Crippen LogP contribution in [0.3, 0.4) is 0 Å². The lowest BCUT2D eigenvalue weighted by atomic mass is 9.43. The largest absolute Gasteiger partial charge is 0.393 e. The Hall–Kier alpha value is -0.160. The molecule has 5 fully saturated rings. The highest BCUT2D eigenvalue weighted by atomic mass is 16.6. The summed E-state index contributed by atoms with van der Waals surface area (Å²) in [6.07, 6.45) is 8.88. The van der Waals surface area contributed by atoms with Crippen molar-refractivity contribution in [2.24, 2.45) is 34.5 Å². The number of fused-ring (bicyclic) bond motifs is 4. The molecule has 3 N–H and O–H groups in total. The van der Waals surface area contributed by atoms with Gasteiger partial charge in [0, 0.05) is 11.3 Å². The van der Waals surface area contributed by atoms with Crippen molar-refractivity contribution in [1.29, 1.82) is 0 Å². The minimum Gasteiger partial charge on any atom is -0.393 e. The van der Waals surface area contributed by atoms with Crippen molar-refractivity contribution < 1.29 is 20.1 Å². The molecular weight excluding hydrogens is 316 g/mol. The van der Waals surface area contributed by atoms with Gasteiger partial charge in [-0.2, -0.15) is 0 Å². The Labute approximate surface area is 151 Å². The van der Waals surface area contributed by atoms with Gasteiger partial charge in [-0.25, -0.2) is 0 Å². The molecule has 4 heteroatoms. The van der Waals surface area contributed by atoms with E-state index < -0.39 is 11.4 Å². The van der Waals surface area contributed by atoms with Gasteiger partial charge in [-0.1, -0.05) is 6.92 Å². The summed E-state index contributed by atoms with van der Waals surface area (Å²) >= 11 is 0. The molecule has 0 radical (unpaired) electrons. The van der Waals surface area contributed by atoms with E-state index in [4.69, 9.17) is 4.74 Å². The van der Waals surface area contributed by atoms with E-state index >= 15 is 0 Å². The second-order valence-electron chi connectivity index (χ2n) is 10.5. The second-order valence-corrected chi connectivity index (χ2v) is 10.5. The molecule has 142 valence electrons. The van der Waals surface area contributed by atoms with Crippen LogP contribution in [0.25, 0.3) is 0 Å². The van der Waals surface area contributed by atoms with Gasteiger partial charge in [0.25, 0.3) is 0 Å². The Bertz CT molecular complexity index is 576. The molecule has 5 rings (SSSR count). The van der Waals surface area contributed by atoms with Crippen LogP contribution >= 0.6 is 0 Å². The normalized spacial score (nSPS) is 63.5. The molecule has 1 aliphatic heterocycles. The Kier molecular flexibility index (Phi) is 3.40. The van der Waals surface area contributed by atoms with Crippen molar-refractivity contribution in [2.75, 3.05) is 6.61 Å². The topological polar surface area (TPSA) is 69.9 Å². The second kappa shape index (κ2) is 5.01. The Balaban J connectivity index is 1.51. The van der Waals surface area contributed by atoms with Gasteiger partial charge < -0.3 is 20.1 Å². The highest BCUT2D eigenvalue weighted by molar-refractivity contribution is 5.21. The molecule has 25 heavy (non-hydrogen) atoms. The first-order valence-electron chi connectivity index (χ1n) is 10.5. The van der Waals surface area contributed by atoms with Crippen LogP contribution in [0, 0.1) is 34.5 Å². The van der Waals surface area contributed by atoms with E-state index in [2.05, 4.69) is 6.92 Å². The molecule has 0 bridgehead atoms. The summed E-state index contributed by atoms with van der Waals surface area (Å²) < 4.78 is 5.82. The molecule has 4 aliphatic carbocycles. The first kappa shape index (κ1) is 17.0. The van der Waals surface area contributed by atoms with Gasteiger partial charge in [-0.05, 0) is 87.9 Å². The van der Waals surface area contributed by atoms with E-state index in [9.17, 15) is 15.3 Å². The SMILES string of the molecule is CC1(O)OC[C@]23CC[C@H]4[C@@H](CC[C@H]5C[C@@H](O)CC[C@@]54C)[C@@]2(O)CC[C@H]13. The van der Waals surface area contributed by atoms with Crippen molar-refractivity contribution in [2.45, 2.75) is 89.1 Å². The zero-order valence-electron chi connectivity index (χ0n) is 15.7.